The molecule has 2 aromatic carbocycles. The van der Waals surface area contributed by atoms with E-state index in [1.54, 1.807) is 7.05 Å². The lowest BCUT2D eigenvalue weighted by Gasteiger charge is -2.17. The zero-order valence-electron chi connectivity index (χ0n) is 16.9. The van der Waals surface area contributed by atoms with Gasteiger partial charge in [-0.25, -0.2) is 0 Å². The van der Waals surface area contributed by atoms with E-state index in [0.717, 1.165) is 41.4 Å². The molecule has 1 aliphatic rings. The van der Waals surface area contributed by atoms with Crippen molar-refractivity contribution >= 4 is 45.9 Å². The maximum absolute atomic E-state index is 6.12. The fraction of sp³-hybridized carbons (Fsp3) is 0.409. The molecule has 2 aromatic rings. The van der Waals surface area contributed by atoms with Crippen molar-refractivity contribution in [2.24, 2.45) is 10.9 Å². The van der Waals surface area contributed by atoms with Gasteiger partial charge in [-0.15, -0.1) is 24.0 Å². The number of hydrogen-bond acceptors (Lipinski definition) is 3. The maximum atomic E-state index is 6.12. The van der Waals surface area contributed by atoms with E-state index in [1.165, 1.54) is 11.1 Å². The summed E-state index contributed by atoms with van der Waals surface area (Å²) in [6.07, 6.45) is 1.08. The SMILES string of the molecule is CN=C(NCc1ccc(Br)cc1)NCc1ccc(C)cc1OCC1CCOC1.I. The Balaban J connectivity index is 0.00000300. The zero-order valence-corrected chi connectivity index (χ0v) is 20.8. The molecule has 3 rings (SSSR count). The van der Waals surface area contributed by atoms with Crippen LogP contribution in [0.3, 0.4) is 0 Å². The number of guanidine groups is 1. The van der Waals surface area contributed by atoms with E-state index >= 15 is 0 Å². The van der Waals surface area contributed by atoms with Crippen LogP contribution in [0.15, 0.2) is 51.9 Å². The second-order valence-electron chi connectivity index (χ2n) is 7.06. The van der Waals surface area contributed by atoms with Crippen molar-refractivity contribution in [1.29, 1.82) is 0 Å². The molecule has 0 saturated carbocycles. The van der Waals surface area contributed by atoms with Gasteiger partial charge in [0.05, 0.1) is 13.2 Å². The summed E-state index contributed by atoms with van der Waals surface area (Å²) in [4.78, 5) is 4.32. The number of hydrogen-bond donors (Lipinski definition) is 2. The Bertz CT molecular complexity index is 793. The van der Waals surface area contributed by atoms with Crippen LogP contribution in [0.5, 0.6) is 5.75 Å². The highest BCUT2D eigenvalue weighted by molar-refractivity contribution is 14.0. The molecule has 1 heterocycles. The van der Waals surface area contributed by atoms with Crippen LogP contribution >= 0.6 is 39.9 Å². The quantitative estimate of drug-likeness (QED) is 0.287. The largest absolute Gasteiger partial charge is 0.493 e. The summed E-state index contributed by atoms with van der Waals surface area (Å²) in [5.41, 5.74) is 3.51. The summed E-state index contributed by atoms with van der Waals surface area (Å²) < 4.78 is 12.6. The Kier molecular flexibility index (Phi) is 10.2. The van der Waals surface area contributed by atoms with Gasteiger partial charge >= 0.3 is 0 Å². The standard InChI is InChI=1S/C22H28BrN3O2.HI/c1-16-3-6-19(21(11-16)28-15-18-9-10-27-14-18)13-26-22(24-2)25-12-17-4-7-20(23)8-5-17;/h3-8,11,18H,9-10,12-15H2,1-2H3,(H2,24,25,26);1H. The van der Waals surface area contributed by atoms with E-state index in [4.69, 9.17) is 9.47 Å². The lowest BCUT2D eigenvalue weighted by molar-refractivity contribution is 0.166. The molecule has 0 aliphatic carbocycles. The molecule has 1 unspecified atom stereocenters. The number of rotatable bonds is 7. The summed E-state index contributed by atoms with van der Waals surface area (Å²) in [5, 5.41) is 6.73. The van der Waals surface area contributed by atoms with Crippen LogP contribution in [0.2, 0.25) is 0 Å². The average molecular weight is 574 g/mol. The van der Waals surface area contributed by atoms with Crippen LogP contribution < -0.4 is 15.4 Å². The number of aryl methyl sites for hydroxylation is 1. The minimum absolute atomic E-state index is 0. The van der Waals surface area contributed by atoms with Crippen LogP contribution in [-0.2, 0) is 17.8 Å². The topological polar surface area (TPSA) is 54.9 Å². The molecule has 0 spiro atoms. The average Bonchev–Trinajstić information content (AvgIpc) is 3.22. The highest BCUT2D eigenvalue weighted by Crippen LogP contribution is 2.22. The third-order valence-corrected chi connectivity index (χ3v) is 5.29. The summed E-state index contributed by atoms with van der Waals surface area (Å²) in [6, 6.07) is 14.6. The normalized spacial score (nSPS) is 16.2. The molecular weight excluding hydrogens is 545 g/mol. The maximum Gasteiger partial charge on any atom is 0.191 e. The van der Waals surface area contributed by atoms with Gasteiger partial charge in [0.25, 0.3) is 0 Å². The first-order valence-corrected chi connectivity index (χ1v) is 10.4. The van der Waals surface area contributed by atoms with Crippen molar-refractivity contribution in [3.63, 3.8) is 0 Å². The summed E-state index contributed by atoms with van der Waals surface area (Å²) in [7, 11) is 1.78. The van der Waals surface area contributed by atoms with E-state index < -0.39 is 0 Å². The first kappa shape index (κ1) is 24.0. The van der Waals surface area contributed by atoms with Gasteiger partial charge in [-0.05, 0) is 42.7 Å². The van der Waals surface area contributed by atoms with Gasteiger partial charge in [0.2, 0.25) is 0 Å². The Morgan fingerprint density at radius 1 is 1.17 bits per heavy atom. The molecule has 0 aromatic heterocycles. The molecule has 0 radical (unpaired) electrons. The molecule has 2 N–H and O–H groups in total. The second kappa shape index (κ2) is 12.4. The molecule has 7 heteroatoms. The predicted octanol–water partition coefficient (Wildman–Crippen LogP) is 4.66. The van der Waals surface area contributed by atoms with E-state index in [2.05, 4.69) is 68.8 Å². The smallest absolute Gasteiger partial charge is 0.191 e. The molecule has 29 heavy (non-hydrogen) atoms. The first-order chi connectivity index (χ1) is 13.6. The third kappa shape index (κ3) is 7.79. The molecule has 158 valence electrons. The second-order valence-corrected chi connectivity index (χ2v) is 7.97. The lowest BCUT2D eigenvalue weighted by atomic mass is 10.1. The van der Waals surface area contributed by atoms with Crippen LogP contribution in [-0.4, -0.2) is 32.8 Å². The monoisotopic (exact) mass is 573 g/mol. The first-order valence-electron chi connectivity index (χ1n) is 9.63. The van der Waals surface area contributed by atoms with E-state index in [-0.39, 0.29) is 24.0 Å². The highest BCUT2D eigenvalue weighted by atomic mass is 127. The number of nitrogens with one attached hydrogen (secondary N) is 2. The minimum atomic E-state index is 0. The molecule has 1 aliphatic heterocycles. The number of aliphatic imine (C=N–C) groups is 1. The fourth-order valence-corrected chi connectivity index (χ4v) is 3.32. The third-order valence-electron chi connectivity index (χ3n) is 4.76. The molecule has 0 bridgehead atoms. The predicted molar refractivity (Wildman–Crippen MR) is 132 cm³/mol. The zero-order chi connectivity index (χ0) is 19.8. The van der Waals surface area contributed by atoms with Crippen molar-refractivity contribution < 1.29 is 9.47 Å². The lowest BCUT2D eigenvalue weighted by Crippen LogP contribution is -2.36. The van der Waals surface area contributed by atoms with Crippen LogP contribution in [0, 0.1) is 12.8 Å². The number of ether oxygens (including phenoxy) is 2. The summed E-state index contributed by atoms with van der Waals surface area (Å²) in [5.74, 6) is 2.18. The van der Waals surface area contributed by atoms with Crippen molar-refractivity contribution in [3.8, 4) is 5.75 Å². The van der Waals surface area contributed by atoms with Crippen molar-refractivity contribution in [3.05, 3.63) is 63.6 Å². The minimum Gasteiger partial charge on any atom is -0.493 e. The van der Waals surface area contributed by atoms with Gasteiger partial charge < -0.3 is 20.1 Å². The van der Waals surface area contributed by atoms with Gasteiger partial charge in [0.15, 0.2) is 5.96 Å². The van der Waals surface area contributed by atoms with Crippen LogP contribution in [0.1, 0.15) is 23.1 Å². The molecule has 1 atom stereocenters. The van der Waals surface area contributed by atoms with Crippen LogP contribution in [0.4, 0.5) is 0 Å². The Morgan fingerprint density at radius 3 is 2.62 bits per heavy atom. The molecule has 0 amide bonds. The van der Waals surface area contributed by atoms with Gasteiger partial charge in [0, 0.05) is 42.7 Å². The van der Waals surface area contributed by atoms with E-state index in [0.29, 0.717) is 25.6 Å². The van der Waals surface area contributed by atoms with Gasteiger partial charge in [-0.1, -0.05) is 40.2 Å². The number of halogens is 2. The summed E-state index contributed by atoms with van der Waals surface area (Å²) >= 11 is 3.46. The van der Waals surface area contributed by atoms with E-state index in [9.17, 15) is 0 Å². The Morgan fingerprint density at radius 2 is 1.93 bits per heavy atom. The highest BCUT2D eigenvalue weighted by Gasteiger charge is 2.17. The molecule has 1 saturated heterocycles. The fourth-order valence-electron chi connectivity index (χ4n) is 3.05. The molecule has 1 fully saturated rings. The van der Waals surface area contributed by atoms with Crippen LogP contribution in [0.25, 0.3) is 0 Å². The van der Waals surface area contributed by atoms with E-state index in [1.807, 2.05) is 12.1 Å². The van der Waals surface area contributed by atoms with Crippen molar-refractivity contribution in [2.45, 2.75) is 26.4 Å². The van der Waals surface area contributed by atoms with Gasteiger partial charge in [0.1, 0.15) is 5.75 Å². The van der Waals surface area contributed by atoms with Crippen molar-refractivity contribution in [1.82, 2.24) is 10.6 Å². The summed E-state index contributed by atoms with van der Waals surface area (Å²) in [6.45, 7) is 5.79. The van der Waals surface area contributed by atoms with Gasteiger partial charge in [-0.2, -0.15) is 0 Å². The van der Waals surface area contributed by atoms with Crippen molar-refractivity contribution in [2.75, 3.05) is 26.9 Å². The van der Waals surface area contributed by atoms with Gasteiger partial charge in [-0.3, -0.25) is 4.99 Å². The number of nitrogens with zero attached hydrogens (tertiary/aromatic N) is 1. The molecule has 5 nitrogen and oxygen atoms in total. The number of benzene rings is 2. The molecular formula is C22H29BrIN3O2. The Labute approximate surface area is 198 Å². The Hall–Kier alpha value is -1.32.